The van der Waals surface area contributed by atoms with E-state index < -0.39 is 0 Å². The standard InChI is InChI=1S/C8H16N2O.2C7H14N2O.C6H12N2O/c1-2-11-10-8-5-3-7(9)4-6-8;2*1-10-9-7-4-2-6(8)3-5-7;7-5-1-3-6(8-9)4-2-5/h7H,2-6,9H2,1H3;2*6H,2-5,8H2,1H3;5,9H,1-4,7H2. The Kier molecular flexibility index (Phi) is 20.0. The van der Waals surface area contributed by atoms with Crippen LogP contribution in [0.4, 0.5) is 0 Å². The molecule has 0 aliphatic heterocycles. The molecular formula is C28H56N8O4. The van der Waals surface area contributed by atoms with Gasteiger partial charge in [0.2, 0.25) is 0 Å². The van der Waals surface area contributed by atoms with Crippen LogP contribution in [-0.4, -0.2) is 73.0 Å². The fraction of sp³-hybridized carbons (Fsp3) is 0.857. The largest absolute Gasteiger partial charge is 0.411 e. The third kappa shape index (κ3) is 17.4. The first kappa shape index (κ1) is 35.7. The highest BCUT2D eigenvalue weighted by Gasteiger charge is 2.15. The lowest BCUT2D eigenvalue weighted by molar-refractivity contribution is 0.156. The van der Waals surface area contributed by atoms with E-state index in [1.807, 2.05) is 6.92 Å². The van der Waals surface area contributed by atoms with Crippen molar-refractivity contribution in [1.82, 2.24) is 0 Å². The summed E-state index contributed by atoms with van der Waals surface area (Å²) in [5.41, 5.74) is 27.1. The van der Waals surface area contributed by atoms with Crippen molar-refractivity contribution in [2.45, 2.75) is 134 Å². The van der Waals surface area contributed by atoms with Crippen molar-refractivity contribution in [2.75, 3.05) is 20.8 Å². The van der Waals surface area contributed by atoms with E-state index in [1.54, 1.807) is 14.2 Å². The summed E-state index contributed by atoms with van der Waals surface area (Å²) in [5.74, 6) is 0. The first-order valence-corrected chi connectivity index (χ1v) is 14.9. The molecule has 0 aromatic heterocycles. The van der Waals surface area contributed by atoms with Crippen molar-refractivity contribution in [3.63, 3.8) is 0 Å². The number of nitrogens with zero attached hydrogens (tertiary/aromatic N) is 4. The molecule has 0 bridgehead atoms. The summed E-state index contributed by atoms with van der Waals surface area (Å²) in [5, 5.41) is 23.2. The maximum Gasteiger partial charge on any atom is 0.114 e. The molecule has 12 heteroatoms. The van der Waals surface area contributed by atoms with E-state index in [1.165, 1.54) is 5.71 Å². The Morgan fingerprint density at radius 3 is 1.07 bits per heavy atom. The molecule has 0 spiro atoms. The molecule has 0 radical (unpaired) electrons. The van der Waals surface area contributed by atoms with Gasteiger partial charge in [0.1, 0.15) is 20.8 Å². The van der Waals surface area contributed by atoms with Crippen molar-refractivity contribution in [3.8, 4) is 0 Å². The van der Waals surface area contributed by atoms with Crippen LogP contribution in [0.3, 0.4) is 0 Å². The van der Waals surface area contributed by atoms with Crippen molar-refractivity contribution in [3.05, 3.63) is 0 Å². The van der Waals surface area contributed by atoms with Crippen molar-refractivity contribution in [1.29, 1.82) is 0 Å². The summed E-state index contributed by atoms with van der Waals surface area (Å²) >= 11 is 0. The number of hydrogen-bond acceptors (Lipinski definition) is 12. The Labute approximate surface area is 240 Å². The minimum atomic E-state index is 0.329. The number of nitrogens with two attached hydrogens (primary N) is 4. The molecule has 4 fully saturated rings. The van der Waals surface area contributed by atoms with Crippen molar-refractivity contribution < 1.29 is 19.7 Å². The van der Waals surface area contributed by atoms with E-state index in [0.29, 0.717) is 30.8 Å². The molecule has 232 valence electrons. The van der Waals surface area contributed by atoms with Gasteiger partial charge in [-0.15, -0.1) is 0 Å². The first-order valence-electron chi connectivity index (χ1n) is 14.9. The van der Waals surface area contributed by atoms with Crippen LogP contribution in [0.1, 0.15) is 110 Å². The van der Waals surface area contributed by atoms with Gasteiger partial charge < -0.3 is 42.7 Å². The van der Waals surface area contributed by atoms with Gasteiger partial charge in [-0.2, -0.15) is 0 Å². The van der Waals surface area contributed by atoms with Gasteiger partial charge in [-0.25, -0.2) is 0 Å². The molecule has 0 amide bonds. The van der Waals surface area contributed by atoms with Gasteiger partial charge in [0.25, 0.3) is 0 Å². The van der Waals surface area contributed by atoms with Crippen LogP contribution < -0.4 is 22.9 Å². The molecule has 0 unspecified atom stereocenters. The van der Waals surface area contributed by atoms with Crippen LogP contribution in [0.2, 0.25) is 0 Å². The van der Waals surface area contributed by atoms with E-state index in [4.69, 9.17) is 33.0 Å². The van der Waals surface area contributed by atoms with E-state index in [0.717, 1.165) is 120 Å². The Bertz CT molecular complexity index is 718. The monoisotopic (exact) mass is 568 g/mol. The maximum atomic E-state index is 8.32. The lowest BCUT2D eigenvalue weighted by Crippen LogP contribution is -2.26. The smallest absolute Gasteiger partial charge is 0.114 e. The van der Waals surface area contributed by atoms with Crippen molar-refractivity contribution in [2.24, 2.45) is 43.6 Å². The molecule has 0 atom stereocenters. The molecule has 40 heavy (non-hydrogen) atoms. The summed E-state index contributed by atoms with van der Waals surface area (Å²) in [7, 11) is 3.17. The zero-order valence-corrected chi connectivity index (χ0v) is 25.1. The van der Waals surface area contributed by atoms with Crippen LogP contribution in [0.15, 0.2) is 20.6 Å². The Morgan fingerprint density at radius 2 is 0.825 bits per heavy atom. The highest BCUT2D eigenvalue weighted by molar-refractivity contribution is 5.85. The van der Waals surface area contributed by atoms with Crippen LogP contribution in [0.5, 0.6) is 0 Å². The molecule has 4 rings (SSSR count). The normalized spacial score (nSPS) is 26.3. The predicted molar refractivity (Wildman–Crippen MR) is 163 cm³/mol. The summed E-state index contributed by atoms with van der Waals surface area (Å²) in [6.07, 6.45) is 16.1. The van der Waals surface area contributed by atoms with Gasteiger partial charge in [-0.3, -0.25) is 0 Å². The molecule has 9 N–H and O–H groups in total. The molecular weight excluding hydrogens is 512 g/mol. The van der Waals surface area contributed by atoms with Gasteiger partial charge in [0.15, 0.2) is 0 Å². The second kappa shape index (κ2) is 22.4. The van der Waals surface area contributed by atoms with Gasteiger partial charge in [-0.1, -0.05) is 20.6 Å². The van der Waals surface area contributed by atoms with Gasteiger partial charge in [-0.05, 0) is 110 Å². The number of rotatable bonds is 4. The molecule has 4 aliphatic carbocycles. The zero-order chi connectivity index (χ0) is 29.6. The van der Waals surface area contributed by atoms with Crippen molar-refractivity contribution >= 4 is 22.8 Å². The second-order valence-electron chi connectivity index (χ2n) is 10.8. The summed E-state index contributed by atoms with van der Waals surface area (Å²) < 4.78 is 0. The summed E-state index contributed by atoms with van der Waals surface area (Å²) in [6.45, 7) is 2.61. The quantitative estimate of drug-likeness (QED) is 0.249. The maximum absolute atomic E-state index is 8.32. The van der Waals surface area contributed by atoms with Gasteiger partial charge in [0.05, 0.1) is 22.8 Å². The average molecular weight is 569 g/mol. The third-order valence-corrected chi connectivity index (χ3v) is 7.33. The fourth-order valence-corrected chi connectivity index (χ4v) is 4.68. The van der Waals surface area contributed by atoms with Crippen LogP contribution >= 0.6 is 0 Å². The molecule has 0 saturated heterocycles. The van der Waals surface area contributed by atoms with Crippen LogP contribution in [0.25, 0.3) is 0 Å². The predicted octanol–water partition coefficient (Wildman–Crippen LogP) is 3.78. The number of hydrogen-bond donors (Lipinski definition) is 5. The van der Waals surface area contributed by atoms with E-state index in [-0.39, 0.29) is 0 Å². The molecule has 12 nitrogen and oxygen atoms in total. The molecule has 4 aliphatic rings. The summed E-state index contributed by atoms with van der Waals surface area (Å²) in [6, 6.07) is 1.48. The zero-order valence-electron chi connectivity index (χ0n) is 25.1. The highest BCUT2D eigenvalue weighted by atomic mass is 16.6. The highest BCUT2D eigenvalue weighted by Crippen LogP contribution is 2.16. The van der Waals surface area contributed by atoms with Crippen LogP contribution in [-0.2, 0) is 14.5 Å². The molecule has 0 heterocycles. The molecule has 0 aromatic rings. The second-order valence-corrected chi connectivity index (χ2v) is 10.8. The Morgan fingerprint density at radius 1 is 0.550 bits per heavy atom. The Balaban J connectivity index is 0.000000267. The molecule has 4 saturated carbocycles. The minimum absolute atomic E-state index is 0.329. The minimum Gasteiger partial charge on any atom is -0.411 e. The average Bonchev–Trinajstić information content (AvgIpc) is 2.97. The van der Waals surface area contributed by atoms with Gasteiger partial charge >= 0.3 is 0 Å². The Hall–Kier alpha value is -2.28. The summed E-state index contributed by atoms with van der Waals surface area (Å²) in [4.78, 5) is 14.3. The first-order chi connectivity index (χ1) is 19.3. The lowest BCUT2D eigenvalue weighted by atomic mass is 9.95. The van der Waals surface area contributed by atoms with Crippen LogP contribution in [0, 0.1) is 0 Å². The third-order valence-electron chi connectivity index (χ3n) is 7.33. The topological polar surface area (TPSA) is 201 Å². The SMILES string of the molecule is CCON=C1CCC(N)CC1.CON=C1CCC(N)CC1.CON=C1CCC(N)CC1.NC1CCC(=NO)CC1. The number of oxime groups is 4. The van der Waals surface area contributed by atoms with E-state index in [2.05, 4.69) is 30.3 Å². The van der Waals surface area contributed by atoms with E-state index >= 15 is 0 Å². The van der Waals surface area contributed by atoms with E-state index in [9.17, 15) is 0 Å². The fourth-order valence-electron chi connectivity index (χ4n) is 4.68. The lowest BCUT2D eigenvalue weighted by Gasteiger charge is -2.18. The molecule has 0 aromatic carbocycles. The van der Waals surface area contributed by atoms with Gasteiger partial charge in [0, 0.05) is 24.2 Å².